The number of halogens is 1. The van der Waals surface area contributed by atoms with Gasteiger partial charge < -0.3 is 5.32 Å². The lowest BCUT2D eigenvalue weighted by Gasteiger charge is -1.95. The Bertz CT molecular complexity index is 577. The van der Waals surface area contributed by atoms with Gasteiger partial charge >= 0.3 is 0 Å². The van der Waals surface area contributed by atoms with Gasteiger partial charge in [-0.1, -0.05) is 29.8 Å². The molecular formula is C12H11ClN2OS. The highest BCUT2D eigenvalue weighted by molar-refractivity contribution is 7.22. The van der Waals surface area contributed by atoms with E-state index in [4.69, 9.17) is 11.6 Å². The Morgan fingerprint density at radius 2 is 2.41 bits per heavy atom. The molecule has 0 fully saturated rings. The first-order valence-corrected chi connectivity index (χ1v) is 6.31. The van der Waals surface area contributed by atoms with Crippen molar-refractivity contribution < 1.29 is 4.79 Å². The Labute approximate surface area is 108 Å². The van der Waals surface area contributed by atoms with E-state index in [1.165, 1.54) is 18.3 Å². The zero-order valence-corrected chi connectivity index (χ0v) is 10.8. The van der Waals surface area contributed by atoms with Gasteiger partial charge in [0.25, 0.3) is 0 Å². The fourth-order valence-electron chi connectivity index (χ4n) is 1.41. The Morgan fingerprint density at radius 1 is 1.59 bits per heavy atom. The number of fused-ring (bicyclic) bond motifs is 1. The minimum Gasteiger partial charge on any atom is -0.353 e. The molecule has 0 saturated carbocycles. The molecule has 0 bridgehead atoms. The van der Waals surface area contributed by atoms with Gasteiger partial charge in [-0.15, -0.1) is 11.3 Å². The van der Waals surface area contributed by atoms with Crippen molar-refractivity contribution >= 4 is 45.1 Å². The highest BCUT2D eigenvalue weighted by Crippen LogP contribution is 2.26. The first-order valence-electron chi connectivity index (χ1n) is 5.12. The van der Waals surface area contributed by atoms with Crippen LogP contribution in [0.3, 0.4) is 0 Å². The smallest absolute Gasteiger partial charge is 0.217 e. The molecule has 0 aliphatic carbocycles. The molecule has 2 rings (SSSR count). The normalized spacial score (nSPS) is 11.2. The third kappa shape index (κ3) is 3.28. The number of nitrogens with zero attached hydrogens (tertiary/aromatic N) is 1. The van der Waals surface area contributed by atoms with E-state index < -0.39 is 0 Å². The van der Waals surface area contributed by atoms with Gasteiger partial charge in [-0.2, -0.15) is 0 Å². The first kappa shape index (κ1) is 12.1. The third-order valence-corrected chi connectivity index (χ3v) is 3.29. The SMILES string of the molecule is CC(=O)NCC=Cc1ccc2nc(Cl)sc2c1. The summed E-state index contributed by atoms with van der Waals surface area (Å²) >= 11 is 7.30. The standard InChI is InChI=1S/C12H11ClN2OS/c1-8(16)14-6-2-3-9-4-5-10-11(7-9)17-12(13)15-10/h2-5,7H,6H2,1H3,(H,14,16). The van der Waals surface area contributed by atoms with Crippen LogP contribution in [0.25, 0.3) is 16.3 Å². The quantitative estimate of drug-likeness (QED) is 0.928. The van der Waals surface area contributed by atoms with Crippen LogP contribution in [-0.4, -0.2) is 17.4 Å². The predicted octanol–water partition coefficient (Wildman–Crippen LogP) is 3.10. The van der Waals surface area contributed by atoms with E-state index in [2.05, 4.69) is 10.3 Å². The van der Waals surface area contributed by atoms with Crippen molar-refractivity contribution in [2.45, 2.75) is 6.92 Å². The molecule has 3 nitrogen and oxygen atoms in total. The summed E-state index contributed by atoms with van der Waals surface area (Å²) in [6, 6.07) is 5.95. The van der Waals surface area contributed by atoms with Gasteiger partial charge in [-0.05, 0) is 17.7 Å². The zero-order chi connectivity index (χ0) is 12.3. The molecule has 88 valence electrons. The third-order valence-electron chi connectivity index (χ3n) is 2.17. The van der Waals surface area contributed by atoms with E-state index in [0.717, 1.165) is 15.8 Å². The van der Waals surface area contributed by atoms with Gasteiger partial charge in [0.2, 0.25) is 5.91 Å². The van der Waals surface area contributed by atoms with Crippen LogP contribution in [0.4, 0.5) is 0 Å². The molecule has 1 amide bonds. The molecule has 0 spiro atoms. The maximum atomic E-state index is 10.7. The van der Waals surface area contributed by atoms with Crippen molar-refractivity contribution in [1.29, 1.82) is 0 Å². The van der Waals surface area contributed by atoms with E-state index in [9.17, 15) is 4.79 Å². The molecule has 2 aromatic rings. The fraction of sp³-hybridized carbons (Fsp3) is 0.167. The summed E-state index contributed by atoms with van der Waals surface area (Å²) < 4.78 is 1.62. The molecule has 0 atom stereocenters. The second-order valence-electron chi connectivity index (χ2n) is 3.53. The maximum Gasteiger partial charge on any atom is 0.217 e. The van der Waals surface area contributed by atoms with Crippen molar-refractivity contribution in [3.8, 4) is 0 Å². The number of carbonyl (C=O) groups is 1. The van der Waals surface area contributed by atoms with Gasteiger partial charge in [-0.3, -0.25) is 4.79 Å². The molecule has 1 aromatic carbocycles. The highest BCUT2D eigenvalue weighted by Gasteiger charge is 2.00. The number of amides is 1. The summed E-state index contributed by atoms with van der Waals surface area (Å²) in [5.41, 5.74) is 1.99. The number of hydrogen-bond donors (Lipinski definition) is 1. The fourth-order valence-corrected chi connectivity index (χ4v) is 2.49. The van der Waals surface area contributed by atoms with E-state index >= 15 is 0 Å². The highest BCUT2D eigenvalue weighted by atomic mass is 35.5. The number of aromatic nitrogens is 1. The van der Waals surface area contributed by atoms with Gasteiger partial charge in [0.1, 0.15) is 0 Å². The average molecular weight is 267 g/mol. The van der Waals surface area contributed by atoms with E-state index in [1.54, 1.807) is 0 Å². The molecule has 1 heterocycles. The lowest BCUT2D eigenvalue weighted by molar-refractivity contribution is -0.118. The van der Waals surface area contributed by atoms with Crippen LogP contribution in [0.15, 0.2) is 24.3 Å². The number of thiazole rings is 1. The minimum absolute atomic E-state index is 0.0284. The predicted molar refractivity (Wildman–Crippen MR) is 72.3 cm³/mol. The number of nitrogens with one attached hydrogen (secondary N) is 1. The molecule has 1 aromatic heterocycles. The van der Waals surface area contributed by atoms with Crippen LogP contribution in [0.2, 0.25) is 4.47 Å². The number of rotatable bonds is 3. The number of benzene rings is 1. The van der Waals surface area contributed by atoms with Gasteiger partial charge in [-0.25, -0.2) is 4.98 Å². The maximum absolute atomic E-state index is 10.7. The van der Waals surface area contributed by atoms with Gasteiger partial charge in [0.15, 0.2) is 4.47 Å². The molecule has 5 heteroatoms. The molecule has 0 unspecified atom stereocenters. The molecular weight excluding hydrogens is 256 g/mol. The lowest BCUT2D eigenvalue weighted by Crippen LogP contribution is -2.19. The topological polar surface area (TPSA) is 42.0 Å². The van der Waals surface area contributed by atoms with Crippen molar-refractivity contribution in [3.05, 3.63) is 34.3 Å². The van der Waals surface area contributed by atoms with Crippen LogP contribution in [0, 0.1) is 0 Å². The van der Waals surface area contributed by atoms with Crippen molar-refractivity contribution in [2.24, 2.45) is 0 Å². The molecule has 17 heavy (non-hydrogen) atoms. The van der Waals surface area contributed by atoms with E-state index in [-0.39, 0.29) is 5.91 Å². The number of hydrogen-bond acceptors (Lipinski definition) is 3. The largest absolute Gasteiger partial charge is 0.353 e. The molecule has 0 aliphatic rings. The second-order valence-corrected chi connectivity index (χ2v) is 5.15. The van der Waals surface area contributed by atoms with E-state index in [0.29, 0.717) is 11.0 Å². The summed E-state index contributed by atoms with van der Waals surface area (Å²) in [5.74, 6) is -0.0284. The van der Waals surface area contributed by atoms with Gasteiger partial charge in [0, 0.05) is 13.5 Å². The van der Waals surface area contributed by atoms with E-state index in [1.807, 2.05) is 30.4 Å². The molecule has 0 radical (unpaired) electrons. The molecule has 0 saturated heterocycles. The van der Waals surface area contributed by atoms with Crippen molar-refractivity contribution in [3.63, 3.8) is 0 Å². The minimum atomic E-state index is -0.0284. The lowest BCUT2D eigenvalue weighted by atomic mass is 10.2. The zero-order valence-electron chi connectivity index (χ0n) is 9.24. The summed E-state index contributed by atoms with van der Waals surface area (Å²) in [5, 5.41) is 2.70. The van der Waals surface area contributed by atoms with Crippen molar-refractivity contribution in [1.82, 2.24) is 10.3 Å². The summed E-state index contributed by atoms with van der Waals surface area (Å²) in [6.07, 6.45) is 3.87. The summed E-state index contributed by atoms with van der Waals surface area (Å²) in [6.45, 7) is 2.04. The Morgan fingerprint density at radius 3 is 3.18 bits per heavy atom. The Hall–Kier alpha value is -1.39. The van der Waals surface area contributed by atoms with Crippen LogP contribution in [-0.2, 0) is 4.79 Å². The van der Waals surface area contributed by atoms with Crippen LogP contribution in [0.1, 0.15) is 12.5 Å². The monoisotopic (exact) mass is 266 g/mol. The van der Waals surface area contributed by atoms with Crippen LogP contribution in [0.5, 0.6) is 0 Å². The summed E-state index contributed by atoms with van der Waals surface area (Å²) in [4.78, 5) is 14.8. The summed E-state index contributed by atoms with van der Waals surface area (Å²) in [7, 11) is 0. The van der Waals surface area contributed by atoms with Crippen LogP contribution >= 0.6 is 22.9 Å². The van der Waals surface area contributed by atoms with Crippen LogP contribution < -0.4 is 5.32 Å². The Kier molecular flexibility index (Phi) is 3.76. The average Bonchev–Trinajstić information content (AvgIpc) is 2.63. The second kappa shape index (κ2) is 5.29. The Balaban J connectivity index is 2.10. The number of carbonyl (C=O) groups excluding carboxylic acids is 1. The van der Waals surface area contributed by atoms with Gasteiger partial charge in [0.05, 0.1) is 10.2 Å². The molecule has 0 aliphatic heterocycles. The van der Waals surface area contributed by atoms with Crippen molar-refractivity contribution in [2.75, 3.05) is 6.54 Å². The molecule has 1 N–H and O–H groups in total. The first-order chi connectivity index (χ1) is 8.15.